The number of carbonyl (C=O) groups is 1. The summed E-state index contributed by atoms with van der Waals surface area (Å²) < 4.78 is 2.02. The molecule has 0 bridgehead atoms. The second kappa shape index (κ2) is 6.96. The zero-order valence-corrected chi connectivity index (χ0v) is 14.5. The SMILES string of the molecule is O=C(NC1CCCN(Cc2cccnc2)C1)C1(Cn2ccnc2)CC1. The summed E-state index contributed by atoms with van der Waals surface area (Å²) in [6, 6.07) is 4.34. The molecule has 1 saturated heterocycles. The Hall–Kier alpha value is -2.21. The Morgan fingerprint density at radius 3 is 2.96 bits per heavy atom. The van der Waals surface area contributed by atoms with E-state index < -0.39 is 0 Å². The van der Waals surface area contributed by atoms with E-state index in [4.69, 9.17) is 0 Å². The topological polar surface area (TPSA) is 63.1 Å². The van der Waals surface area contributed by atoms with Crippen LogP contribution < -0.4 is 5.32 Å². The maximum atomic E-state index is 12.8. The second-order valence-corrected chi connectivity index (χ2v) is 7.42. The highest BCUT2D eigenvalue weighted by Crippen LogP contribution is 2.47. The molecule has 0 aromatic carbocycles. The molecule has 1 saturated carbocycles. The van der Waals surface area contributed by atoms with Crippen molar-refractivity contribution in [1.82, 2.24) is 24.8 Å². The molecule has 2 aromatic heterocycles. The molecule has 6 nitrogen and oxygen atoms in total. The Balaban J connectivity index is 1.32. The van der Waals surface area contributed by atoms with Gasteiger partial charge in [0, 0.05) is 50.5 Å². The molecule has 25 heavy (non-hydrogen) atoms. The van der Waals surface area contributed by atoms with Crippen molar-refractivity contribution in [3.63, 3.8) is 0 Å². The number of hydrogen-bond acceptors (Lipinski definition) is 4. The van der Waals surface area contributed by atoms with Gasteiger partial charge in [0.2, 0.25) is 5.91 Å². The normalized spacial score (nSPS) is 22.5. The average molecular weight is 339 g/mol. The van der Waals surface area contributed by atoms with Gasteiger partial charge < -0.3 is 9.88 Å². The number of rotatable bonds is 6. The molecule has 2 aromatic rings. The van der Waals surface area contributed by atoms with E-state index in [1.54, 1.807) is 18.7 Å². The minimum Gasteiger partial charge on any atom is -0.352 e. The van der Waals surface area contributed by atoms with E-state index in [1.165, 1.54) is 5.56 Å². The Bertz CT molecular complexity index is 696. The van der Waals surface area contributed by atoms with Gasteiger partial charge in [-0.1, -0.05) is 6.07 Å². The number of imidazole rings is 1. The summed E-state index contributed by atoms with van der Waals surface area (Å²) in [5.41, 5.74) is 1.01. The molecule has 1 aliphatic heterocycles. The summed E-state index contributed by atoms with van der Waals surface area (Å²) in [6.45, 7) is 3.65. The molecule has 1 aliphatic carbocycles. The second-order valence-electron chi connectivity index (χ2n) is 7.42. The molecule has 1 N–H and O–H groups in total. The lowest BCUT2D eigenvalue weighted by molar-refractivity contribution is -0.128. The predicted octanol–water partition coefficient (Wildman–Crippen LogP) is 1.84. The fourth-order valence-electron chi connectivity index (χ4n) is 3.74. The number of nitrogens with zero attached hydrogens (tertiary/aromatic N) is 4. The van der Waals surface area contributed by atoms with Crippen LogP contribution in [0.2, 0.25) is 0 Å². The van der Waals surface area contributed by atoms with E-state index in [2.05, 4.69) is 26.3 Å². The van der Waals surface area contributed by atoms with Gasteiger partial charge in [-0.3, -0.25) is 14.7 Å². The highest BCUT2D eigenvalue weighted by atomic mass is 16.2. The first-order valence-corrected chi connectivity index (χ1v) is 9.11. The smallest absolute Gasteiger partial charge is 0.228 e. The van der Waals surface area contributed by atoms with Crippen LogP contribution in [0.5, 0.6) is 0 Å². The summed E-state index contributed by atoms with van der Waals surface area (Å²) in [5, 5.41) is 3.32. The number of nitrogens with one attached hydrogen (secondary N) is 1. The van der Waals surface area contributed by atoms with Crippen molar-refractivity contribution >= 4 is 5.91 Å². The van der Waals surface area contributed by atoms with Crippen LogP contribution in [0.25, 0.3) is 0 Å². The number of carbonyl (C=O) groups excluding carboxylic acids is 1. The van der Waals surface area contributed by atoms with Crippen LogP contribution in [0.4, 0.5) is 0 Å². The summed E-state index contributed by atoms with van der Waals surface area (Å²) in [7, 11) is 0. The molecular formula is C19H25N5O. The van der Waals surface area contributed by atoms with Crippen LogP contribution in [0.1, 0.15) is 31.2 Å². The van der Waals surface area contributed by atoms with Gasteiger partial charge in [-0.05, 0) is 43.9 Å². The standard InChI is InChI=1S/C19H25N5O/c25-18(19(5-6-19)14-24-10-8-21-15-24)22-17-4-2-9-23(13-17)12-16-3-1-7-20-11-16/h1,3,7-8,10-11,15,17H,2,4-6,9,12-14H2,(H,22,25). The van der Waals surface area contributed by atoms with Crippen LogP contribution in [0.3, 0.4) is 0 Å². The van der Waals surface area contributed by atoms with Crippen molar-refractivity contribution in [1.29, 1.82) is 0 Å². The molecule has 1 unspecified atom stereocenters. The fraction of sp³-hybridized carbons (Fsp3) is 0.526. The molecule has 1 amide bonds. The van der Waals surface area contributed by atoms with Crippen molar-refractivity contribution in [2.75, 3.05) is 13.1 Å². The number of piperidine rings is 1. The van der Waals surface area contributed by atoms with Crippen molar-refractivity contribution in [2.24, 2.45) is 5.41 Å². The molecule has 6 heteroatoms. The zero-order valence-electron chi connectivity index (χ0n) is 14.5. The van der Waals surface area contributed by atoms with Crippen LogP contribution in [-0.2, 0) is 17.9 Å². The lowest BCUT2D eigenvalue weighted by atomic mass is 10.0. The minimum absolute atomic E-state index is 0.216. The lowest BCUT2D eigenvalue weighted by Crippen LogP contribution is -2.49. The van der Waals surface area contributed by atoms with Crippen molar-refractivity contribution in [2.45, 2.75) is 44.8 Å². The molecule has 0 radical (unpaired) electrons. The molecular weight excluding hydrogens is 314 g/mol. The summed E-state index contributed by atoms with van der Waals surface area (Å²) >= 11 is 0. The first-order chi connectivity index (χ1) is 12.2. The number of hydrogen-bond donors (Lipinski definition) is 1. The number of aromatic nitrogens is 3. The molecule has 132 valence electrons. The van der Waals surface area contributed by atoms with E-state index in [1.807, 2.05) is 23.0 Å². The Kier molecular flexibility index (Phi) is 4.53. The molecule has 1 atom stereocenters. The third-order valence-corrected chi connectivity index (χ3v) is 5.35. The first-order valence-electron chi connectivity index (χ1n) is 9.11. The maximum Gasteiger partial charge on any atom is 0.228 e. The highest BCUT2D eigenvalue weighted by Gasteiger charge is 2.50. The number of likely N-dealkylation sites (tertiary alicyclic amines) is 1. The predicted molar refractivity (Wildman–Crippen MR) is 94.6 cm³/mol. The van der Waals surface area contributed by atoms with Gasteiger partial charge in [-0.2, -0.15) is 0 Å². The van der Waals surface area contributed by atoms with Crippen LogP contribution in [0.15, 0.2) is 43.2 Å². The third kappa shape index (κ3) is 3.90. The largest absolute Gasteiger partial charge is 0.352 e. The Labute approximate surface area is 148 Å². The van der Waals surface area contributed by atoms with Gasteiger partial charge in [-0.15, -0.1) is 0 Å². The molecule has 3 heterocycles. The number of pyridine rings is 1. The van der Waals surface area contributed by atoms with Crippen LogP contribution >= 0.6 is 0 Å². The van der Waals surface area contributed by atoms with Gasteiger partial charge in [0.25, 0.3) is 0 Å². The van der Waals surface area contributed by atoms with Crippen molar-refractivity contribution in [3.8, 4) is 0 Å². The first kappa shape index (κ1) is 16.3. The average Bonchev–Trinajstić information content (AvgIpc) is 3.22. The Morgan fingerprint density at radius 2 is 2.24 bits per heavy atom. The minimum atomic E-state index is -0.216. The van der Waals surface area contributed by atoms with Crippen molar-refractivity contribution < 1.29 is 4.79 Å². The number of amides is 1. The van der Waals surface area contributed by atoms with Gasteiger partial charge in [0.05, 0.1) is 11.7 Å². The summed E-state index contributed by atoms with van der Waals surface area (Å²) in [5.74, 6) is 0.217. The van der Waals surface area contributed by atoms with E-state index in [-0.39, 0.29) is 17.4 Å². The molecule has 2 fully saturated rings. The molecule has 0 spiro atoms. The summed E-state index contributed by atoms with van der Waals surface area (Å²) in [6.07, 6.45) is 13.4. The van der Waals surface area contributed by atoms with E-state index in [0.29, 0.717) is 0 Å². The van der Waals surface area contributed by atoms with Crippen LogP contribution in [0, 0.1) is 5.41 Å². The quantitative estimate of drug-likeness (QED) is 0.872. The monoisotopic (exact) mass is 339 g/mol. The van der Waals surface area contributed by atoms with E-state index >= 15 is 0 Å². The molecule has 2 aliphatic rings. The van der Waals surface area contributed by atoms with Gasteiger partial charge in [-0.25, -0.2) is 4.98 Å². The van der Waals surface area contributed by atoms with Crippen molar-refractivity contribution in [3.05, 3.63) is 48.8 Å². The third-order valence-electron chi connectivity index (χ3n) is 5.35. The maximum absolute atomic E-state index is 12.8. The summed E-state index contributed by atoms with van der Waals surface area (Å²) in [4.78, 5) is 23.5. The van der Waals surface area contributed by atoms with Gasteiger partial charge >= 0.3 is 0 Å². The highest BCUT2D eigenvalue weighted by molar-refractivity contribution is 5.85. The van der Waals surface area contributed by atoms with E-state index in [9.17, 15) is 4.79 Å². The zero-order chi connectivity index (χ0) is 17.1. The van der Waals surface area contributed by atoms with Gasteiger partial charge in [0.1, 0.15) is 0 Å². The van der Waals surface area contributed by atoms with Gasteiger partial charge in [0.15, 0.2) is 0 Å². The van der Waals surface area contributed by atoms with Crippen LogP contribution in [-0.4, -0.2) is 44.5 Å². The molecule has 4 rings (SSSR count). The fourth-order valence-corrected chi connectivity index (χ4v) is 3.74. The lowest BCUT2D eigenvalue weighted by Gasteiger charge is -2.34. The Morgan fingerprint density at radius 1 is 1.32 bits per heavy atom. The van der Waals surface area contributed by atoms with E-state index in [0.717, 1.165) is 51.9 Å².